The Balaban J connectivity index is 0. The molecule has 1 unspecified atom stereocenters. The molecule has 71 valence electrons. The van der Waals surface area contributed by atoms with Crippen molar-refractivity contribution in [3.8, 4) is 0 Å². The van der Waals surface area contributed by atoms with Crippen LogP contribution in [-0.2, 0) is 28.1 Å². The number of carbonyl (C=O) groups is 1. The van der Waals surface area contributed by atoms with Gasteiger partial charge < -0.3 is 17.4 Å². The van der Waals surface area contributed by atoms with Crippen molar-refractivity contribution < 1.29 is 28.1 Å². The maximum atomic E-state index is 10.8. The smallest absolute Gasteiger partial charge is 0.278 e. The molecule has 1 atom stereocenters. The van der Waals surface area contributed by atoms with Crippen molar-refractivity contribution in [2.45, 2.75) is 19.3 Å². The average molecular weight is 209 g/mol. The van der Waals surface area contributed by atoms with Gasteiger partial charge in [0.1, 0.15) is 0 Å². The number of unbranched alkanes of at least 4 members (excludes halogenated alkanes) is 1. The van der Waals surface area contributed by atoms with E-state index in [4.69, 9.17) is 5.73 Å². The van der Waals surface area contributed by atoms with Crippen LogP contribution in [0.3, 0.4) is 0 Å². The normalized spacial score (nSPS) is 11.6. The van der Waals surface area contributed by atoms with E-state index in [0.29, 0.717) is 6.54 Å². The van der Waals surface area contributed by atoms with E-state index >= 15 is 0 Å². The number of methoxy groups -OCH3 is 1. The van der Waals surface area contributed by atoms with Gasteiger partial charge in [0.15, 0.2) is 0 Å². The SMILES string of the molecule is [CH2-]C(CCCCN)C(=O)OC.[V]. The van der Waals surface area contributed by atoms with E-state index < -0.39 is 0 Å². The zero-order valence-electron chi connectivity index (χ0n) is 7.45. The number of esters is 1. The fourth-order valence-corrected chi connectivity index (χ4v) is 0.820. The molecule has 0 saturated carbocycles. The van der Waals surface area contributed by atoms with Gasteiger partial charge in [-0.15, -0.1) is 0 Å². The van der Waals surface area contributed by atoms with Crippen LogP contribution >= 0.6 is 0 Å². The Morgan fingerprint density at radius 2 is 2.17 bits per heavy atom. The van der Waals surface area contributed by atoms with E-state index in [-0.39, 0.29) is 30.4 Å². The van der Waals surface area contributed by atoms with Crippen molar-refractivity contribution in [2.75, 3.05) is 13.7 Å². The number of hydrogen-bond acceptors (Lipinski definition) is 3. The maximum absolute atomic E-state index is 10.8. The molecule has 0 aliphatic heterocycles. The van der Waals surface area contributed by atoms with Crippen molar-refractivity contribution in [1.29, 1.82) is 0 Å². The minimum absolute atomic E-state index is 0. The molecule has 4 heteroatoms. The van der Waals surface area contributed by atoms with E-state index in [0.717, 1.165) is 19.3 Å². The third-order valence-electron chi connectivity index (χ3n) is 1.54. The van der Waals surface area contributed by atoms with Crippen molar-refractivity contribution in [3.05, 3.63) is 6.92 Å². The Bertz CT molecular complexity index is 120. The first-order valence-electron chi connectivity index (χ1n) is 3.83. The van der Waals surface area contributed by atoms with Crippen molar-refractivity contribution in [2.24, 2.45) is 11.7 Å². The van der Waals surface area contributed by atoms with Crippen LogP contribution in [0.15, 0.2) is 0 Å². The number of ether oxygens (including phenoxy) is 1. The predicted octanol–water partition coefficient (Wildman–Crippen LogP) is 0.736. The van der Waals surface area contributed by atoms with Crippen LogP contribution in [0.4, 0.5) is 0 Å². The van der Waals surface area contributed by atoms with Gasteiger partial charge in [-0.2, -0.15) is 0 Å². The van der Waals surface area contributed by atoms with Crippen molar-refractivity contribution >= 4 is 5.97 Å². The molecule has 0 heterocycles. The molecule has 0 fully saturated rings. The molecule has 0 amide bonds. The minimum Gasteiger partial charge on any atom is -0.471 e. The molecule has 0 rings (SSSR count). The quantitative estimate of drug-likeness (QED) is 0.412. The molecule has 0 aromatic carbocycles. The monoisotopic (exact) mass is 209 g/mol. The minimum atomic E-state index is -0.234. The van der Waals surface area contributed by atoms with Gasteiger partial charge in [-0.05, 0) is 13.0 Å². The van der Waals surface area contributed by atoms with Crippen LogP contribution in [0.25, 0.3) is 0 Å². The first-order valence-corrected chi connectivity index (χ1v) is 3.83. The molecule has 2 N–H and O–H groups in total. The van der Waals surface area contributed by atoms with Crippen LogP contribution in [0.5, 0.6) is 0 Å². The third kappa shape index (κ3) is 6.71. The molecule has 0 saturated heterocycles. The third-order valence-corrected chi connectivity index (χ3v) is 1.54. The summed E-state index contributed by atoms with van der Waals surface area (Å²) in [4.78, 5) is 10.8. The first-order chi connectivity index (χ1) is 5.22. The van der Waals surface area contributed by atoms with E-state index in [1.54, 1.807) is 0 Å². The molecule has 1 radical (unpaired) electrons. The average Bonchev–Trinajstić information content (AvgIpc) is 2.03. The summed E-state index contributed by atoms with van der Waals surface area (Å²) in [6.45, 7) is 4.34. The van der Waals surface area contributed by atoms with E-state index in [9.17, 15) is 4.79 Å². The van der Waals surface area contributed by atoms with Crippen LogP contribution in [0.2, 0.25) is 0 Å². The summed E-state index contributed by atoms with van der Waals surface area (Å²) in [6.07, 6.45) is 2.66. The molecular formula is C8H16NO2V-. The summed E-state index contributed by atoms with van der Waals surface area (Å²) in [7, 11) is 1.38. The largest absolute Gasteiger partial charge is 0.471 e. The van der Waals surface area contributed by atoms with Gasteiger partial charge >= 0.3 is 0 Å². The topological polar surface area (TPSA) is 52.3 Å². The molecule has 0 aromatic rings. The fourth-order valence-electron chi connectivity index (χ4n) is 0.820. The summed E-state index contributed by atoms with van der Waals surface area (Å²) < 4.78 is 4.51. The molecule has 0 aliphatic carbocycles. The second-order valence-electron chi connectivity index (χ2n) is 2.50. The Morgan fingerprint density at radius 1 is 1.58 bits per heavy atom. The van der Waals surface area contributed by atoms with E-state index in [2.05, 4.69) is 11.7 Å². The summed E-state index contributed by atoms with van der Waals surface area (Å²) in [5, 5.41) is 0. The second-order valence-corrected chi connectivity index (χ2v) is 2.50. The zero-order chi connectivity index (χ0) is 8.69. The summed E-state index contributed by atoms with van der Waals surface area (Å²) in [6, 6.07) is 0. The van der Waals surface area contributed by atoms with Crippen molar-refractivity contribution in [1.82, 2.24) is 0 Å². The Hall–Kier alpha value is 0.0144. The Morgan fingerprint density at radius 3 is 2.58 bits per heavy atom. The summed E-state index contributed by atoms with van der Waals surface area (Å²) in [5.41, 5.74) is 5.29. The van der Waals surface area contributed by atoms with Gasteiger partial charge in [0.05, 0.1) is 7.11 Å². The van der Waals surface area contributed by atoms with Crippen LogP contribution < -0.4 is 5.73 Å². The molecule has 0 bridgehead atoms. The first kappa shape index (κ1) is 14.5. The zero-order valence-corrected chi connectivity index (χ0v) is 8.85. The van der Waals surface area contributed by atoms with E-state index in [1.165, 1.54) is 7.11 Å². The number of hydrogen-bond donors (Lipinski definition) is 1. The standard InChI is InChI=1S/C8H16NO2.V/c1-7(8(10)11-2)5-3-4-6-9;/h7H,1,3-6,9H2,2H3;/q-1;. The number of carbonyl (C=O) groups excluding carboxylic acids is 1. The van der Waals surface area contributed by atoms with Crippen molar-refractivity contribution in [3.63, 3.8) is 0 Å². The Labute approximate surface area is 85.9 Å². The Kier molecular flexibility index (Phi) is 11.0. The van der Waals surface area contributed by atoms with Gasteiger partial charge in [-0.3, -0.25) is 4.79 Å². The maximum Gasteiger partial charge on any atom is 0.278 e. The van der Waals surface area contributed by atoms with Crippen LogP contribution in [0.1, 0.15) is 19.3 Å². The molecule has 0 aromatic heterocycles. The molecule has 0 spiro atoms. The van der Waals surface area contributed by atoms with Gasteiger partial charge in [-0.1, -0.05) is 18.8 Å². The van der Waals surface area contributed by atoms with Gasteiger partial charge in [0, 0.05) is 18.6 Å². The van der Waals surface area contributed by atoms with Crippen LogP contribution in [0, 0.1) is 12.8 Å². The van der Waals surface area contributed by atoms with Gasteiger partial charge in [0.25, 0.3) is 5.97 Å². The summed E-state index contributed by atoms with van der Waals surface area (Å²) >= 11 is 0. The molecule has 12 heavy (non-hydrogen) atoms. The fraction of sp³-hybridized carbons (Fsp3) is 0.750. The number of nitrogens with two attached hydrogens (primary N) is 1. The predicted molar refractivity (Wildman–Crippen MR) is 43.8 cm³/mol. The number of rotatable bonds is 5. The molecule has 3 nitrogen and oxygen atoms in total. The van der Waals surface area contributed by atoms with Crippen LogP contribution in [-0.4, -0.2) is 19.6 Å². The molecular weight excluding hydrogens is 193 g/mol. The van der Waals surface area contributed by atoms with E-state index in [1.807, 2.05) is 0 Å². The molecule has 0 aliphatic rings. The van der Waals surface area contributed by atoms with Gasteiger partial charge in [-0.25, -0.2) is 0 Å². The summed E-state index contributed by atoms with van der Waals surface area (Å²) in [5.74, 6) is -0.464. The second kappa shape index (κ2) is 9.11. The van der Waals surface area contributed by atoms with Gasteiger partial charge in [0.2, 0.25) is 0 Å².